The number of hydrogen-bond donors (Lipinski definition) is 1. The van der Waals surface area contributed by atoms with E-state index in [9.17, 15) is 4.79 Å². The van der Waals surface area contributed by atoms with Gasteiger partial charge in [-0.05, 0) is 46.7 Å². The van der Waals surface area contributed by atoms with Gasteiger partial charge in [-0.2, -0.15) is 5.10 Å². The number of rotatable bonds is 5. The Morgan fingerprint density at radius 1 is 1.42 bits per heavy atom. The molecule has 0 bridgehead atoms. The largest absolute Gasteiger partial charge is 0.323 e. The van der Waals surface area contributed by atoms with Crippen molar-refractivity contribution in [3.63, 3.8) is 0 Å². The summed E-state index contributed by atoms with van der Waals surface area (Å²) >= 11 is 1.69. The predicted octanol–water partition coefficient (Wildman–Crippen LogP) is 3.08. The van der Waals surface area contributed by atoms with E-state index in [1.54, 1.807) is 17.5 Å². The second-order valence-corrected chi connectivity index (χ2v) is 7.76. The fourth-order valence-electron chi connectivity index (χ4n) is 2.99. The molecule has 6 nitrogen and oxygen atoms in total. The number of anilines is 1. The highest BCUT2D eigenvalue weighted by atomic mass is 32.1. The van der Waals surface area contributed by atoms with Crippen LogP contribution in [0.5, 0.6) is 0 Å². The van der Waals surface area contributed by atoms with Crippen LogP contribution in [-0.2, 0) is 11.3 Å². The Labute approximate surface area is 146 Å². The zero-order chi connectivity index (χ0) is 17.1. The van der Waals surface area contributed by atoms with Crippen LogP contribution in [0.25, 0.3) is 0 Å². The van der Waals surface area contributed by atoms with E-state index in [0.29, 0.717) is 6.04 Å². The molecule has 1 aliphatic rings. The van der Waals surface area contributed by atoms with Crippen molar-refractivity contribution < 1.29 is 4.79 Å². The maximum atomic E-state index is 12.4. The van der Waals surface area contributed by atoms with Crippen LogP contribution in [-0.4, -0.2) is 38.7 Å². The van der Waals surface area contributed by atoms with Crippen molar-refractivity contribution >= 4 is 22.9 Å². The summed E-state index contributed by atoms with van der Waals surface area (Å²) in [5.74, 6) is 0.197. The molecule has 3 heterocycles. The Kier molecular flexibility index (Phi) is 5.30. The minimum absolute atomic E-state index is 0.0841. The summed E-state index contributed by atoms with van der Waals surface area (Å²) in [5.41, 5.74) is 1.93. The summed E-state index contributed by atoms with van der Waals surface area (Å²) in [6.45, 7) is 8.95. The van der Waals surface area contributed by atoms with Crippen LogP contribution in [0.1, 0.15) is 43.4 Å². The predicted molar refractivity (Wildman–Crippen MR) is 96.1 cm³/mol. The normalized spacial score (nSPS) is 16.7. The monoisotopic (exact) mass is 347 g/mol. The van der Waals surface area contributed by atoms with Crippen LogP contribution in [0, 0.1) is 12.8 Å². The Hall–Kier alpha value is -1.73. The minimum Gasteiger partial charge on any atom is -0.323 e. The van der Waals surface area contributed by atoms with Gasteiger partial charge in [-0.3, -0.25) is 14.4 Å². The van der Waals surface area contributed by atoms with Gasteiger partial charge in [0.25, 0.3) is 0 Å². The Bertz CT molecular complexity index is 685. The molecule has 24 heavy (non-hydrogen) atoms. The van der Waals surface area contributed by atoms with E-state index in [4.69, 9.17) is 0 Å². The average molecular weight is 347 g/mol. The number of hydrogen-bond acceptors (Lipinski definition) is 5. The number of amides is 1. The number of carbonyl (C=O) groups excluding carboxylic acids is 1. The van der Waals surface area contributed by atoms with Crippen molar-refractivity contribution in [3.05, 3.63) is 28.5 Å². The molecule has 0 aliphatic carbocycles. The van der Waals surface area contributed by atoms with Gasteiger partial charge in [0.15, 0.2) is 0 Å². The summed E-state index contributed by atoms with van der Waals surface area (Å²) in [5, 5.41) is 10.5. The van der Waals surface area contributed by atoms with E-state index in [2.05, 4.69) is 39.5 Å². The molecule has 1 fully saturated rings. The number of likely N-dealkylation sites (tertiary alicyclic amines) is 1. The van der Waals surface area contributed by atoms with Gasteiger partial charge in [0.2, 0.25) is 5.91 Å². The number of aromatic nitrogens is 3. The topological polar surface area (TPSA) is 63.1 Å². The van der Waals surface area contributed by atoms with Gasteiger partial charge in [-0.15, -0.1) is 11.3 Å². The molecule has 1 amide bonds. The molecule has 0 unspecified atom stereocenters. The summed E-state index contributed by atoms with van der Waals surface area (Å²) in [6, 6.07) is 0.299. The highest BCUT2D eigenvalue weighted by molar-refractivity contribution is 7.09. The molecule has 0 aromatic carbocycles. The second kappa shape index (κ2) is 7.44. The first-order chi connectivity index (χ1) is 11.5. The molecular weight excluding hydrogens is 322 g/mol. The molecule has 2 aromatic rings. The smallest absolute Gasteiger partial charge is 0.227 e. The maximum Gasteiger partial charge on any atom is 0.227 e. The fourth-order valence-corrected chi connectivity index (χ4v) is 3.60. The number of carbonyl (C=O) groups is 1. The van der Waals surface area contributed by atoms with Gasteiger partial charge in [0.05, 0.1) is 22.6 Å². The van der Waals surface area contributed by atoms with Crippen LogP contribution in [0.4, 0.5) is 5.69 Å². The average Bonchev–Trinajstić information content (AvgIpc) is 3.17. The summed E-state index contributed by atoms with van der Waals surface area (Å²) in [7, 11) is 0. The summed E-state index contributed by atoms with van der Waals surface area (Å²) in [6.07, 6.45) is 5.40. The van der Waals surface area contributed by atoms with Crippen LogP contribution in [0.3, 0.4) is 0 Å². The lowest BCUT2D eigenvalue weighted by atomic mass is 9.96. The van der Waals surface area contributed by atoms with Crippen molar-refractivity contribution in [3.8, 4) is 0 Å². The molecule has 130 valence electrons. The van der Waals surface area contributed by atoms with E-state index in [-0.39, 0.29) is 11.8 Å². The van der Waals surface area contributed by atoms with Gasteiger partial charge >= 0.3 is 0 Å². The van der Waals surface area contributed by atoms with Gasteiger partial charge < -0.3 is 5.32 Å². The van der Waals surface area contributed by atoms with E-state index >= 15 is 0 Å². The summed E-state index contributed by atoms with van der Waals surface area (Å²) < 4.78 is 1.86. The quantitative estimate of drug-likeness (QED) is 0.903. The number of aryl methyl sites for hydroxylation is 1. The number of piperidine rings is 1. The second-order valence-electron chi connectivity index (χ2n) is 6.70. The van der Waals surface area contributed by atoms with Gasteiger partial charge in [-0.25, -0.2) is 4.98 Å². The van der Waals surface area contributed by atoms with Crippen LogP contribution < -0.4 is 5.32 Å². The van der Waals surface area contributed by atoms with Crippen molar-refractivity contribution in [1.29, 1.82) is 0 Å². The molecule has 3 rings (SSSR count). The van der Waals surface area contributed by atoms with Crippen molar-refractivity contribution in [2.75, 3.05) is 18.4 Å². The van der Waals surface area contributed by atoms with Gasteiger partial charge in [0, 0.05) is 30.1 Å². The maximum absolute atomic E-state index is 12.4. The van der Waals surface area contributed by atoms with Crippen LogP contribution in [0.2, 0.25) is 0 Å². The molecule has 7 heteroatoms. The third kappa shape index (κ3) is 4.21. The first-order valence-corrected chi connectivity index (χ1v) is 9.37. The third-order valence-corrected chi connectivity index (χ3v) is 5.23. The molecule has 0 saturated carbocycles. The SMILES string of the molecule is Cc1nc(CN2CCC(C(=O)Nc3cnn(C(C)C)c3)CC2)cs1. The van der Waals surface area contributed by atoms with Crippen LogP contribution in [0.15, 0.2) is 17.8 Å². The molecule has 0 radical (unpaired) electrons. The molecule has 0 atom stereocenters. The molecule has 1 saturated heterocycles. The Morgan fingerprint density at radius 3 is 2.75 bits per heavy atom. The zero-order valence-electron chi connectivity index (χ0n) is 14.5. The van der Waals surface area contributed by atoms with Crippen molar-refractivity contribution in [2.45, 2.75) is 46.2 Å². The minimum atomic E-state index is 0.0841. The standard InChI is InChI=1S/C17H25N5OS/c1-12(2)22-10-15(8-18-22)20-17(23)14-4-6-21(7-5-14)9-16-11-24-13(3)19-16/h8,10-12,14H,4-7,9H2,1-3H3,(H,20,23). The Balaban J connectivity index is 1.47. The fraction of sp³-hybridized carbons (Fsp3) is 0.588. The number of nitrogens with zero attached hydrogens (tertiary/aromatic N) is 4. The number of nitrogens with one attached hydrogen (secondary N) is 1. The highest BCUT2D eigenvalue weighted by Crippen LogP contribution is 2.21. The van der Waals surface area contributed by atoms with E-state index in [1.807, 2.05) is 17.8 Å². The lowest BCUT2D eigenvalue weighted by Gasteiger charge is -2.30. The Morgan fingerprint density at radius 2 is 2.17 bits per heavy atom. The third-order valence-electron chi connectivity index (χ3n) is 4.41. The van der Waals surface area contributed by atoms with Gasteiger partial charge in [-0.1, -0.05) is 0 Å². The molecule has 1 aliphatic heterocycles. The van der Waals surface area contributed by atoms with Crippen molar-refractivity contribution in [2.24, 2.45) is 5.92 Å². The molecule has 2 aromatic heterocycles. The van der Waals surface area contributed by atoms with E-state index in [0.717, 1.165) is 48.9 Å². The first kappa shape index (κ1) is 17.1. The number of thiazole rings is 1. The van der Waals surface area contributed by atoms with Crippen molar-refractivity contribution in [1.82, 2.24) is 19.7 Å². The van der Waals surface area contributed by atoms with Gasteiger partial charge in [0.1, 0.15) is 0 Å². The van der Waals surface area contributed by atoms with E-state index < -0.39 is 0 Å². The lowest BCUT2D eigenvalue weighted by Crippen LogP contribution is -2.37. The lowest BCUT2D eigenvalue weighted by molar-refractivity contribution is -0.121. The zero-order valence-corrected chi connectivity index (χ0v) is 15.3. The molecular formula is C17H25N5OS. The first-order valence-electron chi connectivity index (χ1n) is 8.49. The van der Waals surface area contributed by atoms with E-state index in [1.165, 1.54) is 0 Å². The molecule has 0 spiro atoms. The summed E-state index contributed by atoms with van der Waals surface area (Å²) in [4.78, 5) is 19.3. The molecule has 1 N–H and O–H groups in total. The van der Waals surface area contributed by atoms with Crippen LogP contribution >= 0.6 is 11.3 Å². The highest BCUT2D eigenvalue weighted by Gasteiger charge is 2.25.